The van der Waals surface area contributed by atoms with Gasteiger partial charge in [0.1, 0.15) is 0 Å². The summed E-state index contributed by atoms with van der Waals surface area (Å²) >= 11 is 0. The molecular weight excluding hydrogens is 305 g/mol. The van der Waals surface area contributed by atoms with Crippen LogP contribution in [0.15, 0.2) is 0 Å². The smallest absolute Gasteiger partial charge is 0.748 e. The standard InChI is InChI=1S/2C5H12O3S.Mg/c2*1-3-5(2)4-9(6,7)8;/h2*5H,3-4H2,1-2H3,(H,6,7,8);/q;;+2/p-2. The van der Waals surface area contributed by atoms with E-state index in [1.165, 1.54) is 0 Å². The van der Waals surface area contributed by atoms with Crippen molar-refractivity contribution in [1.82, 2.24) is 0 Å². The van der Waals surface area contributed by atoms with E-state index in [4.69, 9.17) is 0 Å². The molecule has 0 radical (unpaired) electrons. The molecule has 0 aliphatic heterocycles. The first-order valence-electron chi connectivity index (χ1n) is 5.78. The van der Waals surface area contributed by atoms with Gasteiger partial charge < -0.3 is 9.11 Å². The van der Waals surface area contributed by atoms with Crippen molar-refractivity contribution >= 4 is 43.3 Å². The zero-order valence-corrected chi connectivity index (χ0v) is 15.0. The molecule has 9 heteroatoms. The van der Waals surface area contributed by atoms with Crippen LogP contribution in [0.1, 0.15) is 40.5 Å². The molecule has 19 heavy (non-hydrogen) atoms. The van der Waals surface area contributed by atoms with Crippen LogP contribution in [0.25, 0.3) is 0 Å². The minimum absolute atomic E-state index is 0. The van der Waals surface area contributed by atoms with E-state index >= 15 is 0 Å². The third-order valence-electron chi connectivity index (χ3n) is 2.37. The second kappa shape index (κ2) is 11.3. The number of hydrogen-bond acceptors (Lipinski definition) is 6. The van der Waals surface area contributed by atoms with Gasteiger partial charge in [-0.25, -0.2) is 16.8 Å². The van der Waals surface area contributed by atoms with Crippen LogP contribution < -0.4 is 0 Å². The van der Waals surface area contributed by atoms with Gasteiger partial charge in [0, 0.05) is 11.5 Å². The van der Waals surface area contributed by atoms with E-state index < -0.39 is 20.2 Å². The number of hydrogen-bond donors (Lipinski definition) is 0. The van der Waals surface area contributed by atoms with Gasteiger partial charge in [0.05, 0.1) is 20.2 Å². The molecule has 0 heterocycles. The zero-order valence-electron chi connectivity index (χ0n) is 12.0. The molecule has 0 saturated heterocycles. The topological polar surface area (TPSA) is 114 Å². The fraction of sp³-hybridized carbons (Fsp3) is 1.00. The predicted octanol–water partition coefficient (Wildman–Crippen LogP) is 0.775. The van der Waals surface area contributed by atoms with Crippen molar-refractivity contribution in [3.05, 3.63) is 0 Å². The second-order valence-corrected chi connectivity index (χ2v) is 7.37. The Bertz CT molecular complexity index is 364. The van der Waals surface area contributed by atoms with Gasteiger partial charge in [0.15, 0.2) is 0 Å². The molecule has 112 valence electrons. The molecule has 2 atom stereocenters. The molecule has 0 amide bonds. The summed E-state index contributed by atoms with van der Waals surface area (Å²) in [5.41, 5.74) is 0. The first-order valence-corrected chi connectivity index (χ1v) is 8.93. The minimum atomic E-state index is -3.99. The van der Waals surface area contributed by atoms with Gasteiger partial charge in [-0.2, -0.15) is 0 Å². The first-order chi connectivity index (χ1) is 7.91. The van der Waals surface area contributed by atoms with Crippen LogP contribution in [0.5, 0.6) is 0 Å². The van der Waals surface area contributed by atoms with E-state index in [1.54, 1.807) is 13.8 Å². The molecule has 0 aliphatic carbocycles. The van der Waals surface area contributed by atoms with E-state index in [-0.39, 0.29) is 46.4 Å². The summed E-state index contributed by atoms with van der Waals surface area (Å²) < 4.78 is 60.3. The molecule has 0 rings (SSSR count). The van der Waals surface area contributed by atoms with Crippen molar-refractivity contribution < 1.29 is 25.9 Å². The maximum Gasteiger partial charge on any atom is 2.00 e. The summed E-state index contributed by atoms with van der Waals surface area (Å²) in [5, 5.41) is 0. The van der Waals surface area contributed by atoms with Gasteiger partial charge in [-0.15, -0.1) is 0 Å². The third kappa shape index (κ3) is 24.0. The molecule has 0 fully saturated rings. The van der Waals surface area contributed by atoms with Gasteiger partial charge in [-0.05, 0) is 11.8 Å². The van der Waals surface area contributed by atoms with Crippen LogP contribution >= 0.6 is 0 Å². The Balaban J connectivity index is -0.000000256. The fourth-order valence-electron chi connectivity index (χ4n) is 0.933. The summed E-state index contributed by atoms with van der Waals surface area (Å²) in [6.07, 6.45) is 1.48. The average molecular weight is 327 g/mol. The SMILES string of the molecule is CCC(C)CS(=O)(=O)[O-].CCC(C)CS(=O)(=O)[O-].[Mg+2]. The van der Waals surface area contributed by atoms with Crippen LogP contribution in [0.3, 0.4) is 0 Å². The van der Waals surface area contributed by atoms with Crippen LogP contribution in [-0.2, 0) is 20.2 Å². The summed E-state index contributed by atoms with van der Waals surface area (Å²) in [6.45, 7) is 7.20. The summed E-state index contributed by atoms with van der Waals surface area (Å²) in [7, 11) is -7.97. The van der Waals surface area contributed by atoms with Crippen LogP contribution in [0.4, 0.5) is 0 Å². The van der Waals surface area contributed by atoms with Crippen molar-refractivity contribution in [2.24, 2.45) is 11.8 Å². The van der Waals surface area contributed by atoms with Crippen molar-refractivity contribution in [3.63, 3.8) is 0 Å². The summed E-state index contributed by atoms with van der Waals surface area (Å²) in [5.74, 6) is -0.479. The van der Waals surface area contributed by atoms with E-state index in [0.29, 0.717) is 0 Å². The Morgan fingerprint density at radius 3 is 1.05 bits per heavy atom. The van der Waals surface area contributed by atoms with Gasteiger partial charge in [0.25, 0.3) is 0 Å². The summed E-state index contributed by atoms with van der Waals surface area (Å²) in [6, 6.07) is 0. The van der Waals surface area contributed by atoms with Crippen molar-refractivity contribution in [1.29, 1.82) is 0 Å². The molecule has 0 aromatic heterocycles. The van der Waals surface area contributed by atoms with E-state index in [1.807, 2.05) is 13.8 Å². The molecule has 0 aromatic carbocycles. The molecule has 0 saturated carbocycles. The molecule has 0 bridgehead atoms. The molecule has 0 N–H and O–H groups in total. The first kappa shape index (κ1) is 24.6. The third-order valence-corrected chi connectivity index (χ3v) is 4.33. The molecular formula is C10H22MgO6S2. The Hall–Kier alpha value is 0.586. The minimum Gasteiger partial charge on any atom is -0.748 e. The molecule has 0 spiro atoms. The van der Waals surface area contributed by atoms with E-state index in [9.17, 15) is 25.9 Å². The molecule has 0 aromatic rings. The van der Waals surface area contributed by atoms with Crippen LogP contribution in [0.2, 0.25) is 0 Å². The van der Waals surface area contributed by atoms with Crippen molar-refractivity contribution in [2.75, 3.05) is 11.5 Å². The van der Waals surface area contributed by atoms with E-state index in [2.05, 4.69) is 0 Å². The van der Waals surface area contributed by atoms with Gasteiger partial charge in [-0.3, -0.25) is 0 Å². The predicted molar refractivity (Wildman–Crippen MR) is 73.8 cm³/mol. The Morgan fingerprint density at radius 1 is 0.789 bits per heavy atom. The maximum atomic E-state index is 10.0. The average Bonchev–Trinajstić information content (AvgIpc) is 2.13. The monoisotopic (exact) mass is 326 g/mol. The molecule has 6 nitrogen and oxygen atoms in total. The fourth-order valence-corrected chi connectivity index (χ4v) is 2.80. The van der Waals surface area contributed by atoms with Gasteiger partial charge in [0.2, 0.25) is 0 Å². The molecule has 0 aliphatic rings. The normalized spacial score (nSPS) is 14.6. The van der Waals surface area contributed by atoms with Crippen molar-refractivity contribution in [3.8, 4) is 0 Å². The number of rotatable bonds is 6. The largest absolute Gasteiger partial charge is 2.00 e. The maximum absolute atomic E-state index is 10.0. The zero-order chi connectivity index (χ0) is 15.0. The summed E-state index contributed by atoms with van der Waals surface area (Å²) in [4.78, 5) is 0. The van der Waals surface area contributed by atoms with Crippen molar-refractivity contribution in [2.45, 2.75) is 40.5 Å². The Kier molecular flexibility index (Phi) is 14.6. The van der Waals surface area contributed by atoms with Crippen LogP contribution in [-0.4, -0.2) is 60.5 Å². The second-order valence-electron chi connectivity index (χ2n) is 4.48. The van der Waals surface area contributed by atoms with E-state index in [0.717, 1.165) is 12.8 Å². The Labute approximate surface area is 133 Å². The van der Waals surface area contributed by atoms with Gasteiger partial charge in [-0.1, -0.05) is 40.5 Å². The quantitative estimate of drug-likeness (QED) is 0.526. The van der Waals surface area contributed by atoms with Crippen LogP contribution in [0, 0.1) is 11.8 Å². The van der Waals surface area contributed by atoms with Gasteiger partial charge >= 0.3 is 23.1 Å². The Morgan fingerprint density at radius 2 is 1.00 bits per heavy atom. The molecule has 2 unspecified atom stereocenters.